The second-order valence-electron chi connectivity index (χ2n) is 4.89. The molecule has 0 radical (unpaired) electrons. The summed E-state index contributed by atoms with van der Waals surface area (Å²) in [6.07, 6.45) is 2.23. The van der Waals surface area contributed by atoms with Crippen LogP contribution in [0.5, 0.6) is 0 Å². The van der Waals surface area contributed by atoms with Gasteiger partial charge in [0, 0.05) is 11.9 Å². The molecule has 3 rings (SSSR count). The van der Waals surface area contributed by atoms with Gasteiger partial charge in [-0.05, 0) is 49.1 Å². The lowest BCUT2D eigenvalue weighted by molar-refractivity contribution is 0.577. The van der Waals surface area contributed by atoms with Gasteiger partial charge >= 0.3 is 0 Å². The Balaban J connectivity index is 1.93. The van der Waals surface area contributed by atoms with E-state index < -0.39 is 10.0 Å². The number of fused-ring (bicyclic) bond motifs is 1. The summed E-state index contributed by atoms with van der Waals surface area (Å²) in [6, 6.07) is 8.30. The summed E-state index contributed by atoms with van der Waals surface area (Å²) in [4.78, 5) is 4.42. The molecule has 2 aromatic rings. The van der Waals surface area contributed by atoms with E-state index in [-0.39, 0.29) is 4.90 Å². The van der Waals surface area contributed by atoms with Crippen LogP contribution in [0.3, 0.4) is 0 Å². The number of sulfonamides is 1. The number of anilines is 1. The van der Waals surface area contributed by atoms with Crippen LogP contribution in [0, 0.1) is 5.92 Å². The fourth-order valence-electron chi connectivity index (χ4n) is 1.92. The first-order valence-corrected chi connectivity index (χ1v) is 7.69. The van der Waals surface area contributed by atoms with Crippen molar-refractivity contribution in [1.82, 2.24) is 9.71 Å². The van der Waals surface area contributed by atoms with Gasteiger partial charge in [-0.15, -0.1) is 0 Å². The minimum absolute atomic E-state index is 0.271. The zero-order valence-corrected chi connectivity index (χ0v) is 11.2. The predicted octanol–water partition coefficient (Wildman–Crippen LogP) is 1.51. The van der Waals surface area contributed by atoms with Crippen LogP contribution in [0.15, 0.2) is 35.2 Å². The summed E-state index contributed by atoms with van der Waals surface area (Å²) in [5.74, 6) is 0.937. The first-order valence-electron chi connectivity index (χ1n) is 6.20. The van der Waals surface area contributed by atoms with Crippen molar-refractivity contribution in [3.63, 3.8) is 0 Å². The molecule has 1 aromatic carbocycles. The molecule has 1 aromatic heterocycles. The van der Waals surface area contributed by atoms with Crippen molar-refractivity contribution in [1.29, 1.82) is 0 Å². The smallest absolute Gasteiger partial charge is 0.240 e. The molecule has 0 saturated heterocycles. The number of nitrogens with zero attached hydrogens (tertiary/aromatic N) is 1. The highest BCUT2D eigenvalue weighted by Crippen LogP contribution is 2.28. The Labute approximate surface area is 111 Å². The Hall–Kier alpha value is -1.66. The van der Waals surface area contributed by atoms with Crippen LogP contribution in [0.25, 0.3) is 10.9 Å². The summed E-state index contributed by atoms with van der Waals surface area (Å²) >= 11 is 0. The molecule has 1 fully saturated rings. The van der Waals surface area contributed by atoms with Gasteiger partial charge in [0.25, 0.3) is 0 Å². The number of rotatable bonds is 4. The fourth-order valence-corrected chi connectivity index (χ4v) is 3.07. The largest absolute Gasteiger partial charge is 0.384 e. The zero-order chi connectivity index (χ0) is 13.5. The van der Waals surface area contributed by atoms with Crippen molar-refractivity contribution in [2.45, 2.75) is 17.7 Å². The summed E-state index contributed by atoms with van der Waals surface area (Å²) in [5, 5.41) is 0.767. The summed E-state index contributed by atoms with van der Waals surface area (Å²) in [5.41, 5.74) is 6.29. The molecule has 3 N–H and O–H groups in total. The number of hydrogen-bond acceptors (Lipinski definition) is 4. The van der Waals surface area contributed by atoms with Gasteiger partial charge in [0.1, 0.15) is 5.82 Å². The number of benzene rings is 1. The Morgan fingerprint density at radius 2 is 2.05 bits per heavy atom. The van der Waals surface area contributed by atoms with Crippen LogP contribution in [0.2, 0.25) is 0 Å². The molecule has 0 spiro atoms. The monoisotopic (exact) mass is 277 g/mol. The van der Waals surface area contributed by atoms with Gasteiger partial charge in [-0.3, -0.25) is 0 Å². The highest BCUT2D eigenvalue weighted by molar-refractivity contribution is 7.89. The normalized spacial score (nSPS) is 15.8. The molecule has 100 valence electrons. The lowest BCUT2D eigenvalue weighted by atomic mass is 10.2. The van der Waals surface area contributed by atoms with E-state index in [9.17, 15) is 8.42 Å². The number of pyridine rings is 1. The molecule has 5 nitrogen and oxygen atoms in total. The predicted molar refractivity (Wildman–Crippen MR) is 74.1 cm³/mol. The Bertz CT molecular complexity index is 724. The second-order valence-corrected chi connectivity index (χ2v) is 6.65. The van der Waals surface area contributed by atoms with E-state index in [1.54, 1.807) is 30.3 Å². The number of nitrogens with two attached hydrogens (primary N) is 1. The average molecular weight is 277 g/mol. The Morgan fingerprint density at radius 3 is 2.79 bits per heavy atom. The SMILES string of the molecule is Nc1ccc2cc(S(=O)(=O)NCC3CC3)ccc2n1. The van der Waals surface area contributed by atoms with E-state index in [1.165, 1.54) is 0 Å². The maximum atomic E-state index is 12.1. The number of nitrogens with one attached hydrogen (secondary N) is 1. The van der Waals surface area contributed by atoms with Crippen molar-refractivity contribution >= 4 is 26.7 Å². The van der Waals surface area contributed by atoms with E-state index >= 15 is 0 Å². The van der Waals surface area contributed by atoms with Crippen molar-refractivity contribution in [3.8, 4) is 0 Å². The molecule has 1 saturated carbocycles. The van der Waals surface area contributed by atoms with Crippen molar-refractivity contribution in [3.05, 3.63) is 30.3 Å². The number of nitrogen functional groups attached to an aromatic ring is 1. The third-order valence-corrected chi connectivity index (χ3v) is 4.67. The van der Waals surface area contributed by atoms with E-state index in [4.69, 9.17) is 5.73 Å². The molecule has 1 aliphatic carbocycles. The van der Waals surface area contributed by atoms with Crippen LogP contribution in [0.4, 0.5) is 5.82 Å². The summed E-state index contributed by atoms with van der Waals surface area (Å²) in [6.45, 7) is 0.528. The molecule has 0 atom stereocenters. The molecule has 1 heterocycles. The van der Waals surface area contributed by atoms with Gasteiger partial charge in [0.05, 0.1) is 10.4 Å². The molecule has 6 heteroatoms. The van der Waals surface area contributed by atoms with Crippen LogP contribution in [0.1, 0.15) is 12.8 Å². The summed E-state index contributed by atoms with van der Waals surface area (Å²) < 4.78 is 26.9. The minimum atomic E-state index is -3.43. The lowest BCUT2D eigenvalue weighted by Crippen LogP contribution is -2.25. The van der Waals surface area contributed by atoms with Crippen molar-refractivity contribution in [2.24, 2.45) is 5.92 Å². The highest BCUT2D eigenvalue weighted by Gasteiger charge is 2.24. The van der Waals surface area contributed by atoms with Crippen LogP contribution < -0.4 is 10.5 Å². The summed E-state index contributed by atoms with van der Waals surface area (Å²) in [7, 11) is -3.43. The molecule has 0 amide bonds. The molecular formula is C13H15N3O2S. The number of hydrogen-bond donors (Lipinski definition) is 2. The quantitative estimate of drug-likeness (QED) is 0.887. The third kappa shape index (κ3) is 2.69. The second kappa shape index (κ2) is 4.47. The molecule has 0 aliphatic heterocycles. The third-order valence-electron chi connectivity index (χ3n) is 3.25. The van der Waals surface area contributed by atoms with Gasteiger partial charge in [-0.1, -0.05) is 0 Å². The van der Waals surface area contributed by atoms with E-state index in [1.807, 2.05) is 0 Å². The minimum Gasteiger partial charge on any atom is -0.384 e. The van der Waals surface area contributed by atoms with Gasteiger partial charge < -0.3 is 5.73 Å². The van der Waals surface area contributed by atoms with E-state index in [0.29, 0.717) is 23.8 Å². The molecular weight excluding hydrogens is 262 g/mol. The number of aromatic nitrogens is 1. The maximum Gasteiger partial charge on any atom is 0.240 e. The van der Waals surface area contributed by atoms with Gasteiger partial charge in [-0.25, -0.2) is 18.1 Å². The van der Waals surface area contributed by atoms with E-state index in [2.05, 4.69) is 9.71 Å². The zero-order valence-electron chi connectivity index (χ0n) is 10.3. The van der Waals surface area contributed by atoms with Gasteiger partial charge in [0.15, 0.2) is 0 Å². The van der Waals surface area contributed by atoms with Gasteiger partial charge in [0.2, 0.25) is 10.0 Å². The fraction of sp³-hybridized carbons (Fsp3) is 0.308. The first kappa shape index (κ1) is 12.4. The van der Waals surface area contributed by atoms with Gasteiger partial charge in [-0.2, -0.15) is 0 Å². The molecule has 0 unspecified atom stereocenters. The molecule has 0 bridgehead atoms. The first-order chi connectivity index (χ1) is 9.04. The molecule has 19 heavy (non-hydrogen) atoms. The molecule has 1 aliphatic rings. The van der Waals surface area contributed by atoms with E-state index in [0.717, 1.165) is 18.2 Å². The average Bonchev–Trinajstić information content (AvgIpc) is 3.20. The van der Waals surface area contributed by atoms with Crippen LogP contribution in [-0.2, 0) is 10.0 Å². The highest BCUT2D eigenvalue weighted by atomic mass is 32.2. The Morgan fingerprint density at radius 1 is 1.26 bits per heavy atom. The topological polar surface area (TPSA) is 85.1 Å². The van der Waals surface area contributed by atoms with Crippen molar-refractivity contribution < 1.29 is 8.42 Å². The van der Waals surface area contributed by atoms with Crippen LogP contribution >= 0.6 is 0 Å². The Kier molecular flexibility index (Phi) is 2.91. The van der Waals surface area contributed by atoms with Crippen LogP contribution in [-0.4, -0.2) is 19.9 Å². The standard InChI is InChI=1S/C13H15N3O2S/c14-13-6-3-10-7-11(4-5-12(10)16-13)19(17,18)15-8-9-1-2-9/h3-7,9,15H,1-2,8H2,(H2,14,16). The maximum absolute atomic E-state index is 12.1. The lowest BCUT2D eigenvalue weighted by Gasteiger charge is -2.07. The van der Waals surface area contributed by atoms with Crippen molar-refractivity contribution in [2.75, 3.05) is 12.3 Å².